The lowest BCUT2D eigenvalue weighted by Gasteiger charge is -2.10. The minimum Gasteiger partial charge on any atom is -0.480 e. The van der Waals surface area contributed by atoms with E-state index in [1.165, 1.54) is 0 Å². The zero-order chi connectivity index (χ0) is 8.97. The van der Waals surface area contributed by atoms with E-state index in [9.17, 15) is 0 Å². The number of hydrogen-bond donors (Lipinski definition) is 1. The Morgan fingerprint density at radius 3 is 2.75 bits per heavy atom. The second-order valence-corrected chi connectivity index (χ2v) is 2.59. The van der Waals surface area contributed by atoms with E-state index in [0.29, 0.717) is 12.4 Å². The summed E-state index contributed by atoms with van der Waals surface area (Å²) < 4.78 is 5.04. The molecule has 12 heavy (non-hydrogen) atoms. The second-order valence-electron chi connectivity index (χ2n) is 2.59. The summed E-state index contributed by atoms with van der Waals surface area (Å²) in [5, 5.41) is 0. The van der Waals surface area contributed by atoms with Crippen molar-refractivity contribution in [2.45, 2.75) is 12.8 Å². The first-order valence-corrected chi connectivity index (χ1v) is 3.84. The van der Waals surface area contributed by atoms with Gasteiger partial charge in [0.05, 0.1) is 7.11 Å². The van der Waals surface area contributed by atoms with Gasteiger partial charge in [0.15, 0.2) is 0 Å². The van der Waals surface area contributed by atoms with E-state index in [1.807, 2.05) is 6.92 Å². The number of methoxy groups -OCH3 is 1. The van der Waals surface area contributed by atoms with Gasteiger partial charge in [-0.05, 0) is 0 Å². The third-order valence-electron chi connectivity index (χ3n) is 1.70. The lowest BCUT2D eigenvalue weighted by Crippen LogP contribution is -2.12. The van der Waals surface area contributed by atoms with E-state index < -0.39 is 0 Å². The molecule has 1 unspecified atom stereocenters. The van der Waals surface area contributed by atoms with Crippen LogP contribution in [0.1, 0.15) is 18.5 Å². The fraction of sp³-hybridized carbons (Fsp3) is 0.500. The molecule has 2 N–H and O–H groups in total. The maximum absolute atomic E-state index is 5.50. The first-order valence-electron chi connectivity index (χ1n) is 3.84. The van der Waals surface area contributed by atoms with Crippen LogP contribution >= 0.6 is 0 Å². The molecule has 0 saturated heterocycles. The summed E-state index contributed by atoms with van der Waals surface area (Å²) in [7, 11) is 1.58. The van der Waals surface area contributed by atoms with Crippen LogP contribution in [-0.4, -0.2) is 23.6 Å². The molecule has 0 amide bonds. The summed E-state index contributed by atoms with van der Waals surface area (Å²) in [6.45, 7) is 2.54. The summed E-state index contributed by atoms with van der Waals surface area (Å²) in [4.78, 5) is 8.18. The standard InChI is InChI=1S/C8H13N3O/c1-6(5-9)7-8(12-2)11-4-3-10-7/h3-4,6H,5,9H2,1-2H3. The van der Waals surface area contributed by atoms with Crippen molar-refractivity contribution in [1.82, 2.24) is 9.97 Å². The maximum atomic E-state index is 5.50. The Morgan fingerprint density at radius 2 is 2.17 bits per heavy atom. The van der Waals surface area contributed by atoms with Gasteiger partial charge in [0.2, 0.25) is 5.88 Å². The van der Waals surface area contributed by atoms with E-state index in [-0.39, 0.29) is 5.92 Å². The average Bonchev–Trinajstić information content (AvgIpc) is 2.16. The van der Waals surface area contributed by atoms with Crippen LogP contribution in [0.25, 0.3) is 0 Å². The highest BCUT2D eigenvalue weighted by molar-refractivity contribution is 5.21. The van der Waals surface area contributed by atoms with Crippen molar-refractivity contribution in [2.75, 3.05) is 13.7 Å². The fourth-order valence-corrected chi connectivity index (χ4v) is 0.943. The first kappa shape index (κ1) is 8.93. The molecule has 0 aliphatic carbocycles. The molecular formula is C8H13N3O. The molecule has 1 heterocycles. The van der Waals surface area contributed by atoms with Crippen LogP contribution < -0.4 is 10.5 Å². The predicted molar refractivity (Wildman–Crippen MR) is 46.1 cm³/mol. The third kappa shape index (κ3) is 1.71. The summed E-state index contributed by atoms with van der Waals surface area (Å²) in [5.41, 5.74) is 6.33. The predicted octanol–water partition coefficient (Wildman–Crippen LogP) is 0.547. The van der Waals surface area contributed by atoms with Crippen LogP contribution in [0.5, 0.6) is 5.88 Å². The van der Waals surface area contributed by atoms with Crippen LogP contribution in [0, 0.1) is 0 Å². The highest BCUT2D eigenvalue weighted by Gasteiger charge is 2.11. The molecule has 1 rings (SSSR count). The zero-order valence-corrected chi connectivity index (χ0v) is 7.32. The average molecular weight is 167 g/mol. The van der Waals surface area contributed by atoms with Gasteiger partial charge in [-0.2, -0.15) is 0 Å². The quantitative estimate of drug-likeness (QED) is 0.714. The topological polar surface area (TPSA) is 61.0 Å². The highest BCUT2D eigenvalue weighted by Crippen LogP contribution is 2.19. The molecule has 0 aliphatic rings. The number of ether oxygens (including phenoxy) is 1. The summed E-state index contributed by atoms with van der Waals surface area (Å²) in [6.07, 6.45) is 3.25. The smallest absolute Gasteiger partial charge is 0.235 e. The zero-order valence-electron chi connectivity index (χ0n) is 7.32. The van der Waals surface area contributed by atoms with E-state index in [4.69, 9.17) is 10.5 Å². The van der Waals surface area contributed by atoms with Crippen LogP contribution in [0.15, 0.2) is 12.4 Å². The lowest BCUT2D eigenvalue weighted by atomic mass is 10.1. The summed E-state index contributed by atoms with van der Waals surface area (Å²) in [5.74, 6) is 0.754. The van der Waals surface area contributed by atoms with Gasteiger partial charge >= 0.3 is 0 Å². The Hall–Kier alpha value is -1.16. The Labute approximate surface area is 71.8 Å². The van der Waals surface area contributed by atoms with Gasteiger partial charge in [0, 0.05) is 24.9 Å². The van der Waals surface area contributed by atoms with Gasteiger partial charge in [-0.1, -0.05) is 6.92 Å². The fourth-order valence-electron chi connectivity index (χ4n) is 0.943. The number of rotatable bonds is 3. The van der Waals surface area contributed by atoms with Gasteiger partial charge in [-0.15, -0.1) is 0 Å². The van der Waals surface area contributed by atoms with Crippen LogP contribution in [-0.2, 0) is 0 Å². The van der Waals surface area contributed by atoms with Gasteiger partial charge in [0.25, 0.3) is 0 Å². The number of nitrogens with two attached hydrogens (primary N) is 1. The van der Waals surface area contributed by atoms with Crippen molar-refractivity contribution >= 4 is 0 Å². The Kier molecular flexibility index (Phi) is 2.99. The van der Waals surface area contributed by atoms with Crippen molar-refractivity contribution < 1.29 is 4.74 Å². The highest BCUT2D eigenvalue weighted by atomic mass is 16.5. The Balaban J connectivity index is 2.96. The van der Waals surface area contributed by atoms with Crippen molar-refractivity contribution in [1.29, 1.82) is 0 Å². The minimum absolute atomic E-state index is 0.189. The molecule has 1 aromatic rings. The van der Waals surface area contributed by atoms with Gasteiger partial charge < -0.3 is 10.5 Å². The maximum Gasteiger partial charge on any atom is 0.235 e. The van der Waals surface area contributed by atoms with Crippen LogP contribution in [0.4, 0.5) is 0 Å². The Morgan fingerprint density at radius 1 is 1.50 bits per heavy atom. The molecular weight excluding hydrogens is 154 g/mol. The van der Waals surface area contributed by atoms with E-state index >= 15 is 0 Å². The normalized spacial score (nSPS) is 12.6. The molecule has 0 bridgehead atoms. The SMILES string of the molecule is COc1nccnc1C(C)CN. The van der Waals surface area contributed by atoms with Crippen LogP contribution in [0.3, 0.4) is 0 Å². The van der Waals surface area contributed by atoms with E-state index in [0.717, 1.165) is 5.69 Å². The molecule has 0 aliphatic heterocycles. The van der Waals surface area contributed by atoms with Crippen molar-refractivity contribution in [3.05, 3.63) is 18.1 Å². The molecule has 4 nitrogen and oxygen atoms in total. The van der Waals surface area contributed by atoms with Crippen molar-refractivity contribution in [3.8, 4) is 5.88 Å². The van der Waals surface area contributed by atoms with E-state index in [1.54, 1.807) is 19.5 Å². The monoisotopic (exact) mass is 167 g/mol. The molecule has 66 valence electrons. The molecule has 0 aromatic carbocycles. The largest absolute Gasteiger partial charge is 0.480 e. The molecule has 4 heteroatoms. The number of nitrogens with zero attached hydrogens (tertiary/aromatic N) is 2. The molecule has 1 aromatic heterocycles. The van der Waals surface area contributed by atoms with Gasteiger partial charge in [-0.25, -0.2) is 4.98 Å². The first-order chi connectivity index (χ1) is 5.79. The summed E-state index contributed by atoms with van der Waals surface area (Å²) in [6, 6.07) is 0. The second kappa shape index (κ2) is 4.01. The molecule has 1 atom stereocenters. The molecule has 0 fully saturated rings. The van der Waals surface area contributed by atoms with Crippen molar-refractivity contribution in [2.24, 2.45) is 5.73 Å². The molecule has 0 radical (unpaired) electrons. The molecule has 0 saturated carbocycles. The van der Waals surface area contributed by atoms with E-state index in [2.05, 4.69) is 9.97 Å². The molecule has 0 spiro atoms. The summed E-state index contributed by atoms with van der Waals surface area (Å²) >= 11 is 0. The van der Waals surface area contributed by atoms with Crippen molar-refractivity contribution in [3.63, 3.8) is 0 Å². The van der Waals surface area contributed by atoms with Gasteiger partial charge in [-0.3, -0.25) is 4.98 Å². The number of hydrogen-bond acceptors (Lipinski definition) is 4. The van der Waals surface area contributed by atoms with Crippen LogP contribution in [0.2, 0.25) is 0 Å². The Bertz CT molecular complexity index is 252. The third-order valence-corrected chi connectivity index (χ3v) is 1.70. The number of aromatic nitrogens is 2. The minimum atomic E-state index is 0.189. The van der Waals surface area contributed by atoms with Gasteiger partial charge in [0.1, 0.15) is 5.69 Å². The lowest BCUT2D eigenvalue weighted by molar-refractivity contribution is 0.385.